The Kier molecular flexibility index (Phi) is 7.75. The van der Waals surface area contributed by atoms with Crippen LogP contribution in [0, 0.1) is 0 Å². The Morgan fingerprint density at radius 2 is 1.02 bits per heavy atom. The molecule has 2 heterocycles. The highest BCUT2D eigenvalue weighted by molar-refractivity contribution is 7.26. The van der Waals surface area contributed by atoms with E-state index in [2.05, 4.69) is 217 Å². The first-order valence-corrected chi connectivity index (χ1v) is 20.9. The lowest BCUT2D eigenvalue weighted by Gasteiger charge is -2.27. The fraction of sp³-hybridized carbons (Fsp3) is 0. The van der Waals surface area contributed by atoms with Crippen LogP contribution in [0.4, 0.5) is 17.1 Å². The maximum absolute atomic E-state index is 6.76. The first-order chi connectivity index (χ1) is 29.2. The molecule has 0 atom stereocenters. The van der Waals surface area contributed by atoms with Gasteiger partial charge in [0.15, 0.2) is 0 Å². The zero-order valence-electron chi connectivity index (χ0n) is 32.0. The van der Waals surface area contributed by atoms with Gasteiger partial charge in [0.1, 0.15) is 11.2 Å². The first kappa shape index (κ1) is 33.7. The highest BCUT2D eigenvalue weighted by Gasteiger charge is 2.23. The highest BCUT2D eigenvalue weighted by Crippen LogP contribution is 2.47. The normalized spacial score (nSPS) is 11.7. The summed E-state index contributed by atoms with van der Waals surface area (Å²) in [6.45, 7) is 0. The molecule has 2 nitrogen and oxygen atoms in total. The fourth-order valence-electron chi connectivity index (χ4n) is 9.03. The van der Waals surface area contributed by atoms with Crippen LogP contribution in [0.3, 0.4) is 0 Å². The SMILES string of the molecule is c1ccc(-c2ccc(N(c3ccc(-c4ccc5c(c4)sc4c(-c6ccccc6)cccc45)cc3)c3ccc4c(ccc5ccccc54)c3)c3c2oc2ccccc23)cc1. The molecule has 0 saturated carbocycles. The molecule has 12 rings (SSSR count). The predicted molar refractivity (Wildman–Crippen MR) is 253 cm³/mol. The van der Waals surface area contributed by atoms with Crippen LogP contribution >= 0.6 is 11.3 Å². The maximum Gasteiger partial charge on any atom is 0.145 e. The third kappa shape index (κ3) is 5.55. The Bertz CT molecular complexity index is 3550. The summed E-state index contributed by atoms with van der Waals surface area (Å²) in [7, 11) is 0. The quantitative estimate of drug-likeness (QED) is 0.157. The van der Waals surface area contributed by atoms with Crippen molar-refractivity contribution in [1.29, 1.82) is 0 Å². The molecule has 0 unspecified atom stereocenters. The molecule has 12 aromatic rings. The standard InChI is InChI=1S/C56H35NOS/c1-3-12-37(13-4-1)46-32-33-51(54-50-18-9-10-21-52(50)58-55(46)54)57(43-29-31-45-41(34-43)23-22-39-16-7-8-17-44(39)45)42-27-24-36(25-28-42)40-26-30-48-49-20-11-19-47(38-14-5-2-6-15-38)56(49)59-53(48)35-40/h1-35H. The number of furan rings is 1. The molecule has 0 N–H and O–H groups in total. The number of fused-ring (bicyclic) bond motifs is 9. The van der Waals surface area contributed by atoms with Crippen molar-refractivity contribution in [3.63, 3.8) is 0 Å². The van der Waals surface area contributed by atoms with E-state index in [1.807, 2.05) is 11.3 Å². The van der Waals surface area contributed by atoms with E-state index in [9.17, 15) is 0 Å². The van der Waals surface area contributed by atoms with Crippen LogP contribution in [0.25, 0.3) is 97.0 Å². The largest absolute Gasteiger partial charge is 0.455 e. The van der Waals surface area contributed by atoms with E-state index in [-0.39, 0.29) is 0 Å². The number of hydrogen-bond acceptors (Lipinski definition) is 3. The second-order valence-electron chi connectivity index (χ2n) is 15.2. The van der Waals surface area contributed by atoms with Crippen LogP contribution in [0.5, 0.6) is 0 Å². The van der Waals surface area contributed by atoms with Gasteiger partial charge in [0, 0.05) is 42.5 Å². The first-order valence-electron chi connectivity index (χ1n) is 20.1. The van der Waals surface area contributed by atoms with E-state index >= 15 is 0 Å². The lowest BCUT2D eigenvalue weighted by atomic mass is 9.98. The van der Waals surface area contributed by atoms with E-state index in [1.165, 1.54) is 64.0 Å². The van der Waals surface area contributed by atoms with E-state index in [0.29, 0.717) is 0 Å². The minimum atomic E-state index is 0.875. The second-order valence-corrected chi connectivity index (χ2v) is 16.3. The molecule has 10 aromatic carbocycles. The van der Waals surface area contributed by atoms with Crippen molar-refractivity contribution in [1.82, 2.24) is 0 Å². The molecule has 0 saturated heterocycles. The van der Waals surface area contributed by atoms with Crippen molar-refractivity contribution >= 4 is 92.1 Å². The number of para-hydroxylation sites is 1. The summed E-state index contributed by atoms with van der Waals surface area (Å²) in [5, 5.41) is 9.74. The number of anilines is 3. The van der Waals surface area contributed by atoms with Gasteiger partial charge in [-0.05, 0) is 97.9 Å². The lowest BCUT2D eigenvalue weighted by Crippen LogP contribution is -2.10. The van der Waals surface area contributed by atoms with Crippen LogP contribution in [0.2, 0.25) is 0 Å². The molecule has 0 aliphatic heterocycles. The Morgan fingerprint density at radius 1 is 0.373 bits per heavy atom. The van der Waals surface area contributed by atoms with E-state index < -0.39 is 0 Å². The van der Waals surface area contributed by atoms with Crippen LogP contribution in [0.15, 0.2) is 217 Å². The molecule has 0 aliphatic carbocycles. The molecule has 0 amide bonds. The van der Waals surface area contributed by atoms with Crippen molar-refractivity contribution in [2.75, 3.05) is 4.90 Å². The Hall–Kier alpha value is -7.46. The van der Waals surface area contributed by atoms with E-state index in [0.717, 1.165) is 50.1 Å². The van der Waals surface area contributed by atoms with E-state index in [1.54, 1.807) is 0 Å². The summed E-state index contributed by atoms with van der Waals surface area (Å²) in [5.74, 6) is 0. The van der Waals surface area contributed by atoms with Crippen LogP contribution in [-0.2, 0) is 0 Å². The van der Waals surface area contributed by atoms with Crippen molar-refractivity contribution in [3.05, 3.63) is 212 Å². The maximum atomic E-state index is 6.76. The smallest absolute Gasteiger partial charge is 0.145 e. The minimum Gasteiger partial charge on any atom is -0.455 e. The van der Waals surface area contributed by atoms with Gasteiger partial charge in [-0.2, -0.15) is 0 Å². The number of thiophene rings is 1. The van der Waals surface area contributed by atoms with E-state index in [4.69, 9.17) is 4.42 Å². The van der Waals surface area contributed by atoms with Crippen LogP contribution in [-0.4, -0.2) is 0 Å². The zero-order valence-corrected chi connectivity index (χ0v) is 32.8. The predicted octanol–water partition coefficient (Wildman–Crippen LogP) is 16.7. The number of hydrogen-bond donors (Lipinski definition) is 0. The van der Waals surface area contributed by atoms with Gasteiger partial charge in [-0.15, -0.1) is 11.3 Å². The van der Waals surface area contributed by atoms with Gasteiger partial charge >= 0.3 is 0 Å². The van der Waals surface area contributed by atoms with Crippen molar-refractivity contribution < 1.29 is 4.42 Å². The molecule has 59 heavy (non-hydrogen) atoms. The molecule has 3 heteroatoms. The Balaban J connectivity index is 1.02. The summed E-state index contributed by atoms with van der Waals surface area (Å²) in [6, 6.07) is 76.8. The van der Waals surface area contributed by atoms with Gasteiger partial charge in [0.2, 0.25) is 0 Å². The van der Waals surface area contributed by atoms with Gasteiger partial charge in [0.25, 0.3) is 0 Å². The van der Waals surface area contributed by atoms with Gasteiger partial charge in [0.05, 0.1) is 11.1 Å². The fourth-order valence-corrected chi connectivity index (χ4v) is 10.3. The highest BCUT2D eigenvalue weighted by atomic mass is 32.1. The lowest BCUT2D eigenvalue weighted by molar-refractivity contribution is 0.670. The summed E-state index contributed by atoms with van der Waals surface area (Å²) in [4.78, 5) is 2.40. The average molecular weight is 770 g/mol. The van der Waals surface area contributed by atoms with Crippen molar-refractivity contribution in [2.45, 2.75) is 0 Å². The monoisotopic (exact) mass is 769 g/mol. The number of rotatable bonds is 6. The summed E-state index contributed by atoms with van der Waals surface area (Å²) < 4.78 is 9.38. The molecule has 276 valence electrons. The van der Waals surface area contributed by atoms with Gasteiger partial charge in [-0.3, -0.25) is 0 Å². The zero-order chi connectivity index (χ0) is 38.9. The third-order valence-electron chi connectivity index (χ3n) is 11.9. The van der Waals surface area contributed by atoms with Crippen molar-refractivity contribution in [2.24, 2.45) is 0 Å². The van der Waals surface area contributed by atoms with Crippen LogP contribution < -0.4 is 4.90 Å². The third-order valence-corrected chi connectivity index (χ3v) is 13.1. The molecule has 0 spiro atoms. The number of nitrogens with zero attached hydrogens (tertiary/aromatic N) is 1. The summed E-state index contributed by atoms with van der Waals surface area (Å²) >= 11 is 1.88. The van der Waals surface area contributed by atoms with Gasteiger partial charge in [-0.25, -0.2) is 0 Å². The molecular formula is C56H35NOS. The Morgan fingerprint density at radius 3 is 1.85 bits per heavy atom. The molecule has 2 aromatic heterocycles. The van der Waals surface area contributed by atoms with Crippen LogP contribution in [0.1, 0.15) is 0 Å². The molecule has 0 radical (unpaired) electrons. The minimum absolute atomic E-state index is 0.875. The molecule has 0 aliphatic rings. The average Bonchev–Trinajstić information content (AvgIpc) is 3.89. The number of benzene rings is 10. The summed E-state index contributed by atoms with van der Waals surface area (Å²) in [6.07, 6.45) is 0. The van der Waals surface area contributed by atoms with Gasteiger partial charge in [-0.1, -0.05) is 164 Å². The molecular weight excluding hydrogens is 735 g/mol. The molecule has 0 bridgehead atoms. The Labute approximate surface area is 345 Å². The van der Waals surface area contributed by atoms with Crippen molar-refractivity contribution in [3.8, 4) is 33.4 Å². The molecule has 0 fully saturated rings. The topological polar surface area (TPSA) is 16.4 Å². The summed E-state index contributed by atoms with van der Waals surface area (Å²) in [5.41, 5.74) is 12.1. The van der Waals surface area contributed by atoms with Gasteiger partial charge < -0.3 is 9.32 Å². The second kappa shape index (κ2) is 13.6.